The second kappa shape index (κ2) is 6.61. The highest BCUT2D eigenvalue weighted by atomic mass is 35.5. The number of rotatable bonds is 4. The zero-order valence-electron chi connectivity index (χ0n) is 15.9. The summed E-state index contributed by atoms with van der Waals surface area (Å²) < 4.78 is 6.17. The first-order valence-corrected chi connectivity index (χ1v) is 9.86. The summed E-state index contributed by atoms with van der Waals surface area (Å²) in [6, 6.07) is 0. The van der Waals surface area contributed by atoms with Gasteiger partial charge in [0.25, 0.3) is 11.8 Å². The number of ether oxygens (including phenoxy) is 1. The van der Waals surface area contributed by atoms with Gasteiger partial charge in [-0.3, -0.25) is 14.7 Å². The molecule has 0 aromatic carbocycles. The van der Waals surface area contributed by atoms with Crippen molar-refractivity contribution < 1.29 is 14.3 Å². The normalized spacial score (nSPS) is 17.4. The van der Waals surface area contributed by atoms with Gasteiger partial charge >= 0.3 is 0 Å². The van der Waals surface area contributed by atoms with Crippen LogP contribution in [-0.4, -0.2) is 27.6 Å². The number of hydrogen-bond acceptors (Lipinski definition) is 5. The number of H-pyrrole nitrogens is 1. The van der Waals surface area contributed by atoms with Gasteiger partial charge in [-0.15, -0.1) is 11.3 Å². The number of halogens is 1. The number of thiophene rings is 1. The fourth-order valence-electron chi connectivity index (χ4n) is 3.58. The van der Waals surface area contributed by atoms with Gasteiger partial charge in [0.1, 0.15) is 5.00 Å². The van der Waals surface area contributed by atoms with Gasteiger partial charge < -0.3 is 15.8 Å². The lowest BCUT2D eigenvalue weighted by atomic mass is 9.86. The Balaban J connectivity index is 2.04. The van der Waals surface area contributed by atoms with E-state index in [1.807, 2.05) is 34.6 Å². The third-order valence-corrected chi connectivity index (χ3v) is 6.36. The molecule has 0 saturated carbocycles. The van der Waals surface area contributed by atoms with E-state index in [1.165, 1.54) is 11.3 Å². The standard InChI is InChI=1S/C18H23ClN4O3S/c1-6-9-11(19)12(23-22-9)15(25)21-16-10(14(20)24)8-7-17(2,3)26-18(4,5)13(8)27-16/h6-7H2,1-5H3,(H2,20,24)(H,21,25)(H,22,23). The van der Waals surface area contributed by atoms with Crippen molar-refractivity contribution in [1.29, 1.82) is 0 Å². The predicted octanol–water partition coefficient (Wildman–Crippen LogP) is 3.62. The van der Waals surface area contributed by atoms with Crippen LogP contribution in [0.4, 0.5) is 5.00 Å². The van der Waals surface area contributed by atoms with E-state index >= 15 is 0 Å². The lowest BCUT2D eigenvalue weighted by molar-refractivity contribution is -0.135. The summed E-state index contributed by atoms with van der Waals surface area (Å²) in [5.41, 5.74) is 6.52. The maximum absolute atomic E-state index is 12.7. The Morgan fingerprint density at radius 3 is 2.59 bits per heavy atom. The number of nitrogens with two attached hydrogens (primary N) is 1. The van der Waals surface area contributed by atoms with Crippen LogP contribution in [0.15, 0.2) is 0 Å². The average molecular weight is 411 g/mol. The summed E-state index contributed by atoms with van der Waals surface area (Å²) in [6.45, 7) is 9.72. The van der Waals surface area contributed by atoms with E-state index in [2.05, 4.69) is 15.5 Å². The van der Waals surface area contributed by atoms with Gasteiger partial charge in [0.15, 0.2) is 5.69 Å². The molecular weight excluding hydrogens is 388 g/mol. The van der Waals surface area contributed by atoms with Crippen molar-refractivity contribution >= 4 is 39.8 Å². The molecule has 2 aromatic heterocycles. The Bertz CT molecular complexity index is 929. The van der Waals surface area contributed by atoms with Gasteiger partial charge in [-0.2, -0.15) is 5.10 Å². The van der Waals surface area contributed by atoms with Gasteiger partial charge in [0.2, 0.25) is 0 Å². The Hall–Kier alpha value is -1.90. The Kier molecular flexibility index (Phi) is 4.86. The van der Waals surface area contributed by atoms with Crippen LogP contribution in [0.2, 0.25) is 5.02 Å². The van der Waals surface area contributed by atoms with Gasteiger partial charge in [0.05, 0.1) is 27.5 Å². The van der Waals surface area contributed by atoms with Crippen molar-refractivity contribution in [2.24, 2.45) is 5.73 Å². The summed E-state index contributed by atoms with van der Waals surface area (Å²) in [4.78, 5) is 25.8. The number of primary amides is 1. The Labute approximate surface area is 166 Å². The number of fused-ring (bicyclic) bond motifs is 1. The molecule has 9 heteroatoms. The molecule has 27 heavy (non-hydrogen) atoms. The van der Waals surface area contributed by atoms with Crippen LogP contribution < -0.4 is 11.1 Å². The molecule has 3 heterocycles. The zero-order valence-corrected chi connectivity index (χ0v) is 17.5. The van der Waals surface area contributed by atoms with E-state index in [1.54, 1.807) is 0 Å². The minimum Gasteiger partial charge on any atom is -0.365 e. The molecule has 0 aliphatic carbocycles. The molecule has 0 bridgehead atoms. The largest absolute Gasteiger partial charge is 0.365 e. The van der Waals surface area contributed by atoms with E-state index in [4.69, 9.17) is 22.1 Å². The smallest absolute Gasteiger partial charge is 0.278 e. The molecule has 1 aliphatic heterocycles. The van der Waals surface area contributed by atoms with Gasteiger partial charge in [-0.25, -0.2) is 0 Å². The lowest BCUT2D eigenvalue weighted by Crippen LogP contribution is -2.42. The van der Waals surface area contributed by atoms with Crippen LogP contribution in [0.1, 0.15) is 71.6 Å². The van der Waals surface area contributed by atoms with E-state index < -0.39 is 23.0 Å². The molecule has 0 fully saturated rings. The number of aromatic amines is 1. The highest BCUT2D eigenvalue weighted by Gasteiger charge is 2.43. The average Bonchev–Trinajstić information content (AvgIpc) is 3.06. The van der Waals surface area contributed by atoms with Crippen molar-refractivity contribution in [1.82, 2.24) is 10.2 Å². The Morgan fingerprint density at radius 1 is 1.37 bits per heavy atom. The molecule has 0 radical (unpaired) electrons. The molecule has 146 valence electrons. The van der Waals surface area contributed by atoms with Crippen LogP contribution in [0.25, 0.3) is 0 Å². The maximum Gasteiger partial charge on any atom is 0.278 e. The van der Waals surface area contributed by atoms with Gasteiger partial charge in [-0.1, -0.05) is 18.5 Å². The highest BCUT2D eigenvalue weighted by Crippen LogP contribution is 2.48. The highest BCUT2D eigenvalue weighted by molar-refractivity contribution is 7.17. The molecule has 0 unspecified atom stereocenters. The van der Waals surface area contributed by atoms with Crippen molar-refractivity contribution in [3.05, 3.63) is 32.4 Å². The number of carbonyl (C=O) groups is 2. The second-order valence-corrected chi connectivity index (χ2v) is 9.10. The van der Waals surface area contributed by atoms with Crippen LogP contribution in [0.3, 0.4) is 0 Å². The fraction of sp³-hybridized carbons (Fsp3) is 0.500. The maximum atomic E-state index is 12.7. The number of aryl methyl sites for hydroxylation is 1. The molecule has 4 N–H and O–H groups in total. The number of carbonyl (C=O) groups excluding carboxylic acids is 2. The lowest BCUT2D eigenvalue weighted by Gasteiger charge is -2.41. The predicted molar refractivity (Wildman–Crippen MR) is 106 cm³/mol. The summed E-state index contributed by atoms with van der Waals surface area (Å²) in [5.74, 6) is -1.08. The summed E-state index contributed by atoms with van der Waals surface area (Å²) in [5, 5.41) is 10.2. The third-order valence-electron chi connectivity index (χ3n) is 4.51. The molecule has 0 spiro atoms. The topological polar surface area (TPSA) is 110 Å². The molecular formula is C18H23ClN4O3S. The quantitative estimate of drug-likeness (QED) is 0.714. The number of anilines is 1. The number of nitrogens with zero attached hydrogens (tertiary/aromatic N) is 1. The molecule has 2 amide bonds. The number of amides is 2. The first kappa shape index (κ1) is 19.9. The molecule has 3 rings (SSSR count). The molecule has 7 nitrogen and oxygen atoms in total. The summed E-state index contributed by atoms with van der Waals surface area (Å²) >= 11 is 7.51. The van der Waals surface area contributed by atoms with Crippen LogP contribution >= 0.6 is 22.9 Å². The fourth-order valence-corrected chi connectivity index (χ4v) is 5.14. The van der Waals surface area contributed by atoms with Crippen molar-refractivity contribution in [2.45, 2.75) is 58.7 Å². The molecule has 0 saturated heterocycles. The van der Waals surface area contributed by atoms with E-state index in [-0.39, 0.29) is 10.7 Å². The minimum atomic E-state index is -0.603. The Morgan fingerprint density at radius 2 is 2.04 bits per heavy atom. The van der Waals surface area contributed by atoms with Crippen molar-refractivity contribution in [3.63, 3.8) is 0 Å². The monoisotopic (exact) mass is 410 g/mol. The van der Waals surface area contributed by atoms with E-state index in [9.17, 15) is 9.59 Å². The summed E-state index contributed by atoms with van der Waals surface area (Å²) in [6.07, 6.45) is 1.15. The zero-order chi connectivity index (χ0) is 20.1. The van der Waals surface area contributed by atoms with Crippen LogP contribution in [0, 0.1) is 0 Å². The third kappa shape index (κ3) is 3.49. The first-order chi connectivity index (χ1) is 12.5. The second-order valence-electron chi connectivity index (χ2n) is 7.70. The van der Waals surface area contributed by atoms with Crippen LogP contribution in [-0.2, 0) is 23.2 Å². The van der Waals surface area contributed by atoms with Crippen molar-refractivity contribution in [3.8, 4) is 0 Å². The van der Waals surface area contributed by atoms with Gasteiger partial charge in [0, 0.05) is 11.3 Å². The van der Waals surface area contributed by atoms with E-state index in [0.717, 1.165) is 10.4 Å². The molecule has 2 aromatic rings. The van der Waals surface area contributed by atoms with Gasteiger partial charge in [-0.05, 0) is 39.7 Å². The number of nitrogens with one attached hydrogen (secondary N) is 2. The minimum absolute atomic E-state index is 0.0890. The number of hydrogen-bond donors (Lipinski definition) is 3. The number of aromatic nitrogens is 2. The van der Waals surface area contributed by atoms with E-state index in [0.29, 0.717) is 29.1 Å². The molecule has 0 atom stereocenters. The van der Waals surface area contributed by atoms with Crippen molar-refractivity contribution in [2.75, 3.05) is 5.32 Å². The SMILES string of the molecule is CCc1[nH]nc(C(=O)Nc2sc3c(c2C(N)=O)CC(C)(C)OC3(C)C)c1Cl. The van der Waals surface area contributed by atoms with Crippen LogP contribution in [0.5, 0.6) is 0 Å². The summed E-state index contributed by atoms with van der Waals surface area (Å²) in [7, 11) is 0. The first-order valence-electron chi connectivity index (χ1n) is 8.67. The molecule has 1 aliphatic rings.